The summed E-state index contributed by atoms with van der Waals surface area (Å²) in [4.78, 5) is 14.4. The molecular formula is C16H17IN2O. The minimum Gasteiger partial charge on any atom is -0.399 e. The molecule has 4 heteroatoms. The highest BCUT2D eigenvalue weighted by Gasteiger charge is 2.16. The molecule has 0 unspecified atom stereocenters. The number of benzene rings is 2. The largest absolute Gasteiger partial charge is 0.399 e. The summed E-state index contributed by atoms with van der Waals surface area (Å²) in [6.07, 6.45) is 0.903. The molecule has 0 fully saturated rings. The molecule has 0 heterocycles. The monoisotopic (exact) mass is 380 g/mol. The van der Waals surface area contributed by atoms with E-state index in [1.54, 1.807) is 4.90 Å². The van der Waals surface area contributed by atoms with Crippen molar-refractivity contribution in [3.05, 3.63) is 57.7 Å². The zero-order valence-corrected chi connectivity index (χ0v) is 13.5. The Labute approximate surface area is 132 Å². The van der Waals surface area contributed by atoms with Gasteiger partial charge in [0.2, 0.25) is 0 Å². The third-order valence-corrected chi connectivity index (χ3v) is 3.71. The van der Waals surface area contributed by atoms with E-state index < -0.39 is 0 Å². The maximum atomic E-state index is 12.6. The van der Waals surface area contributed by atoms with E-state index in [0.717, 1.165) is 15.7 Å². The molecule has 0 saturated heterocycles. The lowest BCUT2D eigenvalue weighted by Gasteiger charge is -2.22. The van der Waals surface area contributed by atoms with Gasteiger partial charge in [-0.05, 0) is 77.5 Å². The predicted octanol–water partition coefficient (Wildman–Crippen LogP) is 3.93. The Bertz CT molecular complexity index is 578. The molecule has 0 aliphatic rings. The van der Waals surface area contributed by atoms with Crippen molar-refractivity contribution in [2.75, 3.05) is 17.2 Å². The Balaban J connectivity index is 2.30. The summed E-state index contributed by atoms with van der Waals surface area (Å²) in [6.45, 7) is 2.75. The first kappa shape index (κ1) is 14.8. The van der Waals surface area contributed by atoms with E-state index in [-0.39, 0.29) is 5.91 Å². The first-order chi connectivity index (χ1) is 9.61. The van der Waals surface area contributed by atoms with Crippen molar-refractivity contribution >= 4 is 39.9 Å². The van der Waals surface area contributed by atoms with Crippen molar-refractivity contribution in [1.82, 2.24) is 0 Å². The maximum Gasteiger partial charge on any atom is 0.258 e. The molecule has 2 aromatic carbocycles. The number of carbonyl (C=O) groups excluding carboxylic acids is 1. The number of rotatable bonds is 4. The van der Waals surface area contributed by atoms with E-state index in [9.17, 15) is 4.79 Å². The van der Waals surface area contributed by atoms with E-state index in [4.69, 9.17) is 5.73 Å². The molecule has 0 saturated carbocycles. The van der Waals surface area contributed by atoms with Gasteiger partial charge in [0.1, 0.15) is 0 Å². The van der Waals surface area contributed by atoms with Gasteiger partial charge in [0.15, 0.2) is 0 Å². The molecule has 2 aromatic rings. The summed E-state index contributed by atoms with van der Waals surface area (Å²) in [5.74, 6) is 0.0213. The molecule has 0 aromatic heterocycles. The van der Waals surface area contributed by atoms with Crippen LogP contribution in [0.2, 0.25) is 0 Å². The second kappa shape index (κ2) is 6.74. The van der Waals surface area contributed by atoms with Crippen LogP contribution < -0.4 is 10.6 Å². The number of hydrogen-bond donors (Lipinski definition) is 1. The Morgan fingerprint density at radius 2 is 1.70 bits per heavy atom. The summed E-state index contributed by atoms with van der Waals surface area (Å²) in [5.41, 5.74) is 7.98. The van der Waals surface area contributed by atoms with Crippen molar-refractivity contribution in [1.29, 1.82) is 0 Å². The number of nitrogens with zero attached hydrogens (tertiary/aromatic N) is 1. The van der Waals surface area contributed by atoms with Gasteiger partial charge in [0.25, 0.3) is 5.91 Å². The van der Waals surface area contributed by atoms with Gasteiger partial charge in [-0.15, -0.1) is 0 Å². The van der Waals surface area contributed by atoms with Crippen LogP contribution in [-0.4, -0.2) is 12.5 Å². The summed E-state index contributed by atoms with van der Waals surface area (Å²) in [7, 11) is 0. The summed E-state index contributed by atoms with van der Waals surface area (Å²) < 4.78 is 1.12. The van der Waals surface area contributed by atoms with Crippen LogP contribution in [0.3, 0.4) is 0 Å². The molecule has 1 amide bonds. The molecule has 0 aliphatic carbocycles. The van der Waals surface area contributed by atoms with E-state index >= 15 is 0 Å². The third kappa shape index (κ3) is 3.50. The molecule has 0 atom stereocenters. The first-order valence-electron chi connectivity index (χ1n) is 6.55. The van der Waals surface area contributed by atoms with Gasteiger partial charge >= 0.3 is 0 Å². The van der Waals surface area contributed by atoms with Crippen molar-refractivity contribution < 1.29 is 4.79 Å². The van der Waals surface area contributed by atoms with E-state index in [0.29, 0.717) is 17.8 Å². The van der Waals surface area contributed by atoms with Crippen LogP contribution in [-0.2, 0) is 0 Å². The van der Waals surface area contributed by atoms with Crippen molar-refractivity contribution in [3.63, 3.8) is 0 Å². The van der Waals surface area contributed by atoms with Crippen molar-refractivity contribution in [2.24, 2.45) is 0 Å². The lowest BCUT2D eigenvalue weighted by Crippen LogP contribution is -2.31. The maximum absolute atomic E-state index is 12.6. The number of hydrogen-bond acceptors (Lipinski definition) is 2. The fourth-order valence-electron chi connectivity index (χ4n) is 1.97. The standard InChI is InChI=1S/C16H17IN2O/c1-2-11-19(15-9-7-14(18)8-10-15)16(20)12-3-5-13(17)6-4-12/h3-10H,2,11,18H2,1H3. The molecule has 104 valence electrons. The summed E-state index contributed by atoms with van der Waals surface area (Å²) in [6, 6.07) is 15.0. The highest BCUT2D eigenvalue weighted by molar-refractivity contribution is 14.1. The Kier molecular flexibility index (Phi) is 5.00. The van der Waals surface area contributed by atoms with Gasteiger partial charge in [-0.2, -0.15) is 0 Å². The second-order valence-corrected chi connectivity index (χ2v) is 5.80. The van der Waals surface area contributed by atoms with Crippen LogP contribution in [0.15, 0.2) is 48.5 Å². The average molecular weight is 380 g/mol. The molecule has 0 bridgehead atoms. The van der Waals surface area contributed by atoms with Crippen LogP contribution in [0.5, 0.6) is 0 Å². The van der Waals surface area contributed by atoms with Crippen molar-refractivity contribution in [3.8, 4) is 0 Å². The molecule has 3 nitrogen and oxygen atoms in total. The van der Waals surface area contributed by atoms with Gasteiger partial charge in [-0.25, -0.2) is 0 Å². The van der Waals surface area contributed by atoms with Crippen LogP contribution in [0.25, 0.3) is 0 Å². The third-order valence-electron chi connectivity index (χ3n) is 2.99. The first-order valence-corrected chi connectivity index (χ1v) is 7.62. The number of anilines is 2. The van der Waals surface area contributed by atoms with Crippen LogP contribution in [0.4, 0.5) is 11.4 Å². The fraction of sp³-hybridized carbons (Fsp3) is 0.188. The molecule has 2 rings (SSSR count). The SMILES string of the molecule is CCCN(C(=O)c1ccc(I)cc1)c1ccc(N)cc1. The Hall–Kier alpha value is -1.56. The van der Waals surface area contributed by atoms with Gasteiger partial charge < -0.3 is 10.6 Å². The highest BCUT2D eigenvalue weighted by atomic mass is 127. The molecule has 0 radical (unpaired) electrons. The molecule has 0 aliphatic heterocycles. The van der Waals surface area contributed by atoms with Gasteiger partial charge in [0.05, 0.1) is 0 Å². The second-order valence-electron chi connectivity index (χ2n) is 4.56. The number of carbonyl (C=O) groups is 1. The van der Waals surface area contributed by atoms with Crippen LogP contribution >= 0.6 is 22.6 Å². The summed E-state index contributed by atoms with van der Waals surface area (Å²) in [5, 5.41) is 0. The Morgan fingerprint density at radius 3 is 2.25 bits per heavy atom. The lowest BCUT2D eigenvalue weighted by molar-refractivity contribution is 0.0987. The molecule has 20 heavy (non-hydrogen) atoms. The van der Waals surface area contributed by atoms with Crippen molar-refractivity contribution in [2.45, 2.75) is 13.3 Å². The van der Waals surface area contributed by atoms with E-state index in [2.05, 4.69) is 29.5 Å². The normalized spacial score (nSPS) is 10.3. The van der Waals surface area contributed by atoms with Gasteiger partial charge in [-0.1, -0.05) is 6.92 Å². The smallest absolute Gasteiger partial charge is 0.258 e. The predicted molar refractivity (Wildman–Crippen MR) is 92.0 cm³/mol. The lowest BCUT2D eigenvalue weighted by atomic mass is 10.1. The number of halogens is 1. The quantitative estimate of drug-likeness (QED) is 0.646. The topological polar surface area (TPSA) is 46.3 Å². The fourth-order valence-corrected chi connectivity index (χ4v) is 2.33. The highest BCUT2D eigenvalue weighted by Crippen LogP contribution is 2.20. The number of nitrogens with two attached hydrogens (primary N) is 1. The zero-order chi connectivity index (χ0) is 14.5. The molecule has 2 N–H and O–H groups in total. The number of nitrogen functional groups attached to an aromatic ring is 1. The van der Waals surface area contributed by atoms with E-state index in [1.165, 1.54) is 0 Å². The molecular weight excluding hydrogens is 363 g/mol. The minimum atomic E-state index is 0.0213. The molecule has 0 spiro atoms. The zero-order valence-electron chi connectivity index (χ0n) is 11.3. The number of amides is 1. The minimum absolute atomic E-state index is 0.0213. The van der Waals surface area contributed by atoms with Gasteiger partial charge in [0, 0.05) is 27.1 Å². The Morgan fingerprint density at radius 1 is 1.10 bits per heavy atom. The average Bonchev–Trinajstić information content (AvgIpc) is 2.46. The van der Waals surface area contributed by atoms with E-state index in [1.807, 2.05) is 48.5 Å². The summed E-state index contributed by atoms with van der Waals surface area (Å²) >= 11 is 2.23. The van der Waals surface area contributed by atoms with Gasteiger partial charge in [-0.3, -0.25) is 4.79 Å². The van der Waals surface area contributed by atoms with Crippen LogP contribution in [0, 0.1) is 3.57 Å². The van der Waals surface area contributed by atoms with Crippen LogP contribution in [0.1, 0.15) is 23.7 Å².